The van der Waals surface area contributed by atoms with Crippen LogP contribution < -0.4 is 0 Å². The highest BCUT2D eigenvalue weighted by atomic mass is 16.6. The lowest BCUT2D eigenvalue weighted by Crippen LogP contribution is -2.30. The zero-order valence-corrected chi connectivity index (χ0v) is 43.0. The number of epoxide rings is 4. The highest BCUT2D eigenvalue weighted by Crippen LogP contribution is 2.39. The summed E-state index contributed by atoms with van der Waals surface area (Å²) in [6, 6.07) is 0. The summed E-state index contributed by atoms with van der Waals surface area (Å²) in [4.78, 5) is 38.2. The predicted molar refractivity (Wildman–Crippen MR) is 268 cm³/mol. The van der Waals surface area contributed by atoms with Crippen molar-refractivity contribution in [3.8, 4) is 0 Å². The highest BCUT2D eigenvalue weighted by molar-refractivity contribution is 5.71. The average molecular weight is 943 g/mol. The molecule has 4 aliphatic heterocycles. The van der Waals surface area contributed by atoms with Crippen molar-refractivity contribution < 1.29 is 47.5 Å². The molecule has 0 amide bonds. The maximum Gasteiger partial charge on any atom is 0.306 e. The van der Waals surface area contributed by atoms with Crippen LogP contribution in [0.3, 0.4) is 0 Å². The Labute approximate surface area is 408 Å². The number of carbonyl (C=O) groups excluding carboxylic acids is 3. The monoisotopic (exact) mass is 943 g/mol. The molecular weight excluding hydrogens is 845 g/mol. The fraction of sp³-hybridized carbons (Fsp3) is 0.877. The van der Waals surface area contributed by atoms with E-state index in [2.05, 4.69) is 45.1 Å². The Morgan fingerprint density at radius 3 is 1.16 bits per heavy atom. The van der Waals surface area contributed by atoms with Gasteiger partial charge in [-0.1, -0.05) is 167 Å². The predicted octanol–water partition coefficient (Wildman–Crippen LogP) is 14.3. The third-order valence-electron chi connectivity index (χ3n) is 14.1. The van der Waals surface area contributed by atoms with Gasteiger partial charge < -0.3 is 33.2 Å². The van der Waals surface area contributed by atoms with Crippen molar-refractivity contribution in [2.24, 2.45) is 0 Å². The first-order valence-corrected chi connectivity index (χ1v) is 28.3. The van der Waals surface area contributed by atoms with Crippen LogP contribution in [0, 0.1) is 0 Å². The number of carbonyl (C=O) groups is 3. The lowest BCUT2D eigenvalue weighted by atomic mass is 10.0. The number of ether oxygens (including phenoxy) is 7. The van der Waals surface area contributed by atoms with Gasteiger partial charge in [0, 0.05) is 25.7 Å². The normalized spacial score (nSPS) is 24.3. The Kier molecular flexibility index (Phi) is 31.3. The summed E-state index contributed by atoms with van der Waals surface area (Å²) in [7, 11) is 0. The van der Waals surface area contributed by atoms with Gasteiger partial charge >= 0.3 is 17.9 Å². The van der Waals surface area contributed by atoms with Crippen molar-refractivity contribution in [1.29, 1.82) is 0 Å². The molecule has 9 unspecified atom stereocenters. The second-order valence-electron chi connectivity index (χ2n) is 20.4. The van der Waals surface area contributed by atoms with Gasteiger partial charge in [0.05, 0.1) is 48.8 Å². The molecule has 0 aromatic carbocycles. The number of unbranched alkanes of at least 4 members (excludes halogenated alkanes) is 20. The van der Waals surface area contributed by atoms with Crippen molar-refractivity contribution in [3.63, 3.8) is 0 Å². The smallest absolute Gasteiger partial charge is 0.306 e. The van der Waals surface area contributed by atoms with Crippen molar-refractivity contribution >= 4 is 17.9 Å². The van der Waals surface area contributed by atoms with Gasteiger partial charge in [0.2, 0.25) is 0 Å². The largest absolute Gasteiger partial charge is 0.462 e. The summed E-state index contributed by atoms with van der Waals surface area (Å²) >= 11 is 0. The molecule has 0 aromatic rings. The van der Waals surface area contributed by atoms with Crippen LogP contribution in [0.15, 0.2) is 24.3 Å². The Morgan fingerprint density at radius 1 is 0.388 bits per heavy atom. The van der Waals surface area contributed by atoms with Gasteiger partial charge in [0.15, 0.2) is 6.10 Å². The second-order valence-corrected chi connectivity index (χ2v) is 20.4. The molecule has 4 aliphatic rings. The fourth-order valence-corrected chi connectivity index (χ4v) is 9.42. The molecule has 10 nitrogen and oxygen atoms in total. The van der Waals surface area contributed by atoms with Gasteiger partial charge in [-0.3, -0.25) is 14.4 Å². The number of allylic oxidation sites excluding steroid dienone is 2. The van der Waals surface area contributed by atoms with Gasteiger partial charge in [-0.15, -0.1) is 0 Å². The second kappa shape index (κ2) is 36.6. The van der Waals surface area contributed by atoms with E-state index >= 15 is 0 Å². The van der Waals surface area contributed by atoms with E-state index in [-0.39, 0.29) is 31.1 Å². The highest BCUT2D eigenvalue weighted by Gasteiger charge is 2.47. The molecule has 67 heavy (non-hydrogen) atoms. The zero-order chi connectivity index (χ0) is 47.6. The van der Waals surface area contributed by atoms with Crippen molar-refractivity contribution in [2.45, 2.75) is 307 Å². The first-order chi connectivity index (χ1) is 32.9. The van der Waals surface area contributed by atoms with Crippen LogP contribution >= 0.6 is 0 Å². The molecule has 0 bridgehead atoms. The van der Waals surface area contributed by atoms with Gasteiger partial charge in [-0.05, 0) is 83.5 Å². The molecule has 0 N–H and O–H groups in total. The van der Waals surface area contributed by atoms with Gasteiger partial charge in [-0.2, -0.15) is 0 Å². The maximum absolute atomic E-state index is 12.9. The van der Waals surface area contributed by atoms with Crippen LogP contribution in [0.25, 0.3) is 0 Å². The molecule has 386 valence electrons. The molecule has 4 heterocycles. The number of esters is 3. The van der Waals surface area contributed by atoms with Gasteiger partial charge in [-0.25, -0.2) is 0 Å². The molecule has 10 heteroatoms. The molecule has 0 saturated carbocycles. The summed E-state index contributed by atoms with van der Waals surface area (Å²) in [6.45, 7) is 6.51. The number of rotatable bonds is 47. The molecule has 4 rings (SSSR count). The summed E-state index contributed by atoms with van der Waals surface area (Å²) in [6.07, 6.45) is 49.5. The van der Waals surface area contributed by atoms with Crippen molar-refractivity contribution in [3.05, 3.63) is 24.3 Å². The summed E-state index contributed by atoms with van der Waals surface area (Å²) < 4.78 is 40.2. The molecule has 9 atom stereocenters. The SMILES string of the molecule is CCCCCC1OC1C/C=C/CCCCCCCC(=O)OCC(COC(=O)CCCCCCCC1OC1CC1OC1CCCCC)OC(=O)CCCCCCC/C=C/CC1OC1CCCCC. The van der Waals surface area contributed by atoms with Crippen molar-refractivity contribution in [2.75, 3.05) is 13.2 Å². The number of hydrogen-bond donors (Lipinski definition) is 0. The Balaban J connectivity index is 1.01. The molecule has 4 fully saturated rings. The van der Waals surface area contributed by atoms with Gasteiger partial charge in [0.1, 0.15) is 13.2 Å². The van der Waals surface area contributed by atoms with E-state index in [1.165, 1.54) is 77.0 Å². The first-order valence-electron chi connectivity index (χ1n) is 28.3. The van der Waals surface area contributed by atoms with E-state index in [9.17, 15) is 14.4 Å². The van der Waals surface area contributed by atoms with Gasteiger partial charge in [0.25, 0.3) is 0 Å². The quantitative estimate of drug-likeness (QED) is 0.0191. The summed E-state index contributed by atoms with van der Waals surface area (Å²) in [5, 5.41) is 0. The number of hydrogen-bond acceptors (Lipinski definition) is 10. The molecule has 4 saturated heterocycles. The van der Waals surface area contributed by atoms with Crippen LogP contribution in [-0.2, 0) is 47.5 Å². The molecule has 0 aromatic heterocycles. The Hall–Kier alpha value is -2.27. The van der Waals surface area contributed by atoms with E-state index in [0.717, 1.165) is 135 Å². The maximum atomic E-state index is 12.9. The van der Waals surface area contributed by atoms with E-state index in [1.54, 1.807) is 0 Å². The summed E-state index contributed by atoms with van der Waals surface area (Å²) in [5.74, 6) is -0.953. The zero-order valence-electron chi connectivity index (χ0n) is 43.0. The molecule has 0 radical (unpaired) electrons. The lowest BCUT2D eigenvalue weighted by molar-refractivity contribution is -0.167. The standard InChI is InChI=1S/C57H98O10/c1-4-7-25-34-47-49(64-47)37-28-19-14-10-12-16-22-31-40-55(58)61-44-46(63-57(60)42-33-23-17-13-11-15-20-29-38-50-48(65-50)35-26-8-5-2)45-62-56(59)41-32-24-18-21-30-39-52-54(67-52)43-53-51(66-53)36-27-9-6-3/h19-20,28-29,46-54H,4-18,21-27,30-45H2,1-3H3/b28-19+,29-20+. The van der Waals surface area contributed by atoms with Crippen LogP contribution in [0.4, 0.5) is 0 Å². The van der Waals surface area contributed by atoms with Crippen LogP contribution in [0.5, 0.6) is 0 Å². The molecule has 0 spiro atoms. The Morgan fingerprint density at radius 2 is 0.731 bits per heavy atom. The van der Waals surface area contributed by atoms with Crippen LogP contribution in [-0.4, -0.2) is 86.1 Å². The average Bonchev–Trinajstić information content (AvgIpc) is 4.15. The molecular formula is C57H98O10. The lowest BCUT2D eigenvalue weighted by Gasteiger charge is -2.18. The Bertz CT molecular complexity index is 1350. The van der Waals surface area contributed by atoms with Crippen molar-refractivity contribution in [1.82, 2.24) is 0 Å². The third kappa shape index (κ3) is 29.5. The third-order valence-corrected chi connectivity index (χ3v) is 14.1. The fourth-order valence-electron chi connectivity index (χ4n) is 9.42. The minimum Gasteiger partial charge on any atom is -0.462 e. The summed E-state index contributed by atoms with van der Waals surface area (Å²) in [5.41, 5.74) is 0. The first kappa shape index (κ1) is 57.3. The minimum absolute atomic E-state index is 0.103. The minimum atomic E-state index is -0.807. The van der Waals surface area contributed by atoms with Crippen LogP contribution in [0.1, 0.15) is 252 Å². The van der Waals surface area contributed by atoms with E-state index in [1.807, 2.05) is 0 Å². The van der Waals surface area contributed by atoms with E-state index in [0.29, 0.717) is 68.1 Å². The van der Waals surface area contributed by atoms with E-state index < -0.39 is 6.10 Å². The van der Waals surface area contributed by atoms with Crippen LogP contribution in [0.2, 0.25) is 0 Å². The molecule has 0 aliphatic carbocycles. The van der Waals surface area contributed by atoms with E-state index in [4.69, 9.17) is 33.2 Å². The topological polar surface area (TPSA) is 129 Å².